The second kappa shape index (κ2) is 7.99. The molecule has 0 saturated heterocycles. The number of fused-ring (bicyclic) bond motifs is 1. The first-order valence-corrected chi connectivity index (χ1v) is 11.7. The second-order valence-corrected chi connectivity index (χ2v) is 10.0. The first-order valence-electron chi connectivity index (χ1n) is 10.0. The highest BCUT2D eigenvalue weighted by molar-refractivity contribution is 7.99. The van der Waals surface area contributed by atoms with Crippen LogP contribution in [0.15, 0.2) is 14.5 Å². The Morgan fingerprint density at radius 3 is 2.75 bits per heavy atom. The molecule has 28 heavy (non-hydrogen) atoms. The summed E-state index contributed by atoms with van der Waals surface area (Å²) in [5.41, 5.74) is 1.17. The van der Waals surface area contributed by atoms with Gasteiger partial charge >= 0.3 is 0 Å². The molecule has 3 aromatic heterocycles. The van der Waals surface area contributed by atoms with E-state index in [1.807, 2.05) is 18.4 Å². The Balaban J connectivity index is 1.76. The monoisotopic (exact) mass is 418 g/mol. The van der Waals surface area contributed by atoms with Gasteiger partial charge in [-0.25, -0.2) is 4.98 Å². The lowest BCUT2D eigenvalue weighted by Crippen LogP contribution is -2.26. The van der Waals surface area contributed by atoms with E-state index in [-0.39, 0.29) is 16.9 Å². The minimum absolute atomic E-state index is 0.0581. The van der Waals surface area contributed by atoms with Gasteiger partial charge in [0.15, 0.2) is 11.0 Å². The molecule has 0 N–H and O–H groups in total. The van der Waals surface area contributed by atoms with Gasteiger partial charge in [0.25, 0.3) is 5.56 Å². The lowest BCUT2D eigenvalue weighted by atomic mass is 10.2. The first-order chi connectivity index (χ1) is 13.5. The van der Waals surface area contributed by atoms with Crippen molar-refractivity contribution in [3.8, 4) is 0 Å². The largest absolute Gasteiger partial charge is 0.338 e. The summed E-state index contributed by atoms with van der Waals surface area (Å²) in [5, 5.41) is 5.56. The molecule has 3 aromatic rings. The number of aryl methyl sites for hydroxylation is 3. The lowest BCUT2D eigenvalue weighted by molar-refractivity contribution is 0.374. The van der Waals surface area contributed by atoms with E-state index < -0.39 is 0 Å². The Kier molecular flexibility index (Phi) is 5.60. The normalized spacial score (nSPS) is 16.3. The van der Waals surface area contributed by atoms with E-state index in [0.717, 1.165) is 57.3 Å². The SMILES string of the molecule is CCCc1noc(C(C)Sc2nc3sc(C)c(C)c3c(=O)n2C2CCCC2)n1. The Labute approximate surface area is 172 Å². The number of hydrogen-bond acceptors (Lipinski definition) is 7. The summed E-state index contributed by atoms with van der Waals surface area (Å²) in [7, 11) is 0. The van der Waals surface area contributed by atoms with Crippen LogP contribution in [0.2, 0.25) is 0 Å². The number of thiophene rings is 1. The van der Waals surface area contributed by atoms with Crippen LogP contribution in [0, 0.1) is 13.8 Å². The molecule has 1 atom stereocenters. The van der Waals surface area contributed by atoms with Crippen LogP contribution in [0.1, 0.15) is 79.4 Å². The van der Waals surface area contributed by atoms with Crippen molar-refractivity contribution < 1.29 is 4.52 Å². The Morgan fingerprint density at radius 1 is 1.29 bits per heavy atom. The van der Waals surface area contributed by atoms with E-state index in [2.05, 4.69) is 24.0 Å². The van der Waals surface area contributed by atoms with E-state index >= 15 is 0 Å². The third kappa shape index (κ3) is 3.52. The van der Waals surface area contributed by atoms with Crippen LogP contribution in [-0.4, -0.2) is 19.7 Å². The summed E-state index contributed by atoms with van der Waals surface area (Å²) < 4.78 is 7.41. The van der Waals surface area contributed by atoms with Crippen LogP contribution in [0.25, 0.3) is 10.2 Å². The molecule has 150 valence electrons. The van der Waals surface area contributed by atoms with E-state index in [0.29, 0.717) is 5.89 Å². The van der Waals surface area contributed by atoms with Crippen LogP contribution in [0.4, 0.5) is 0 Å². The van der Waals surface area contributed by atoms with Gasteiger partial charge in [0.1, 0.15) is 4.83 Å². The molecular weight excluding hydrogens is 392 g/mol. The zero-order chi connectivity index (χ0) is 19.8. The quantitative estimate of drug-likeness (QED) is 0.395. The molecule has 0 amide bonds. The van der Waals surface area contributed by atoms with Crippen molar-refractivity contribution in [2.24, 2.45) is 0 Å². The fourth-order valence-electron chi connectivity index (χ4n) is 3.82. The van der Waals surface area contributed by atoms with Crippen molar-refractivity contribution in [3.05, 3.63) is 32.5 Å². The highest BCUT2D eigenvalue weighted by atomic mass is 32.2. The van der Waals surface area contributed by atoms with Gasteiger partial charge in [-0.1, -0.05) is 36.7 Å². The van der Waals surface area contributed by atoms with Crippen molar-refractivity contribution >= 4 is 33.3 Å². The molecule has 8 heteroatoms. The predicted octanol–water partition coefficient (Wildman–Crippen LogP) is 5.38. The fourth-order valence-corrected chi connectivity index (χ4v) is 5.90. The van der Waals surface area contributed by atoms with E-state index in [1.54, 1.807) is 23.1 Å². The fraction of sp³-hybridized carbons (Fsp3) is 0.600. The average molecular weight is 419 g/mol. The molecule has 1 aliphatic rings. The Morgan fingerprint density at radius 2 is 2.04 bits per heavy atom. The summed E-state index contributed by atoms with van der Waals surface area (Å²) in [6.45, 7) is 8.22. The van der Waals surface area contributed by atoms with Gasteiger partial charge in [0, 0.05) is 17.3 Å². The van der Waals surface area contributed by atoms with Crippen LogP contribution in [0.3, 0.4) is 0 Å². The maximum atomic E-state index is 13.4. The van der Waals surface area contributed by atoms with E-state index in [9.17, 15) is 4.79 Å². The molecule has 1 aliphatic carbocycles. The van der Waals surface area contributed by atoms with E-state index in [4.69, 9.17) is 9.51 Å². The molecule has 0 spiro atoms. The smallest absolute Gasteiger partial charge is 0.263 e. The van der Waals surface area contributed by atoms with Gasteiger partial charge in [-0.2, -0.15) is 4.98 Å². The van der Waals surface area contributed by atoms with Crippen molar-refractivity contribution in [2.75, 3.05) is 0 Å². The topological polar surface area (TPSA) is 73.8 Å². The standard InChI is InChI=1S/C20H26N4O2S2/c1-5-8-15-21-17(26-23-15)13(4)28-20-22-18-16(11(2)12(3)27-18)19(25)24(20)14-9-6-7-10-14/h13-14H,5-10H2,1-4H3. The van der Waals surface area contributed by atoms with Crippen molar-refractivity contribution in [1.82, 2.24) is 19.7 Å². The third-order valence-corrected chi connectivity index (χ3v) is 7.63. The van der Waals surface area contributed by atoms with Crippen molar-refractivity contribution in [1.29, 1.82) is 0 Å². The van der Waals surface area contributed by atoms with Crippen LogP contribution >= 0.6 is 23.1 Å². The summed E-state index contributed by atoms with van der Waals surface area (Å²) in [4.78, 5) is 24.9. The van der Waals surface area contributed by atoms with Crippen LogP contribution in [-0.2, 0) is 6.42 Å². The third-order valence-electron chi connectivity index (χ3n) is 5.48. The minimum Gasteiger partial charge on any atom is -0.338 e. The van der Waals surface area contributed by atoms with Crippen LogP contribution in [0.5, 0.6) is 0 Å². The zero-order valence-corrected chi connectivity index (χ0v) is 18.5. The Bertz CT molecular complexity index is 1050. The molecule has 4 rings (SSSR count). The number of rotatable bonds is 6. The second-order valence-electron chi connectivity index (χ2n) is 7.53. The lowest BCUT2D eigenvalue weighted by Gasteiger charge is -2.19. The van der Waals surface area contributed by atoms with Gasteiger partial charge in [-0.05, 0) is 45.6 Å². The van der Waals surface area contributed by atoms with E-state index in [1.165, 1.54) is 12.8 Å². The van der Waals surface area contributed by atoms with Crippen molar-refractivity contribution in [2.45, 2.75) is 82.7 Å². The molecule has 6 nitrogen and oxygen atoms in total. The summed E-state index contributed by atoms with van der Waals surface area (Å²) in [5.74, 6) is 1.34. The van der Waals surface area contributed by atoms with Crippen LogP contribution < -0.4 is 5.56 Å². The molecule has 0 radical (unpaired) electrons. The molecule has 1 fully saturated rings. The van der Waals surface area contributed by atoms with Crippen molar-refractivity contribution in [3.63, 3.8) is 0 Å². The maximum Gasteiger partial charge on any atom is 0.263 e. The summed E-state index contributed by atoms with van der Waals surface area (Å²) in [6.07, 6.45) is 6.21. The average Bonchev–Trinajstić information content (AvgIpc) is 3.38. The highest BCUT2D eigenvalue weighted by Gasteiger charge is 2.27. The van der Waals surface area contributed by atoms with Gasteiger partial charge in [0.05, 0.1) is 10.6 Å². The van der Waals surface area contributed by atoms with Gasteiger partial charge in [-0.15, -0.1) is 11.3 Å². The maximum absolute atomic E-state index is 13.4. The molecule has 0 aliphatic heterocycles. The number of aromatic nitrogens is 4. The predicted molar refractivity (Wildman–Crippen MR) is 113 cm³/mol. The van der Waals surface area contributed by atoms with Gasteiger partial charge < -0.3 is 4.52 Å². The molecule has 1 saturated carbocycles. The summed E-state index contributed by atoms with van der Waals surface area (Å²) >= 11 is 3.15. The number of nitrogens with zero attached hydrogens (tertiary/aromatic N) is 4. The molecular formula is C20H26N4O2S2. The number of hydrogen-bond donors (Lipinski definition) is 0. The first kappa shape index (κ1) is 19.6. The highest BCUT2D eigenvalue weighted by Crippen LogP contribution is 2.38. The number of thioether (sulfide) groups is 1. The molecule has 3 heterocycles. The minimum atomic E-state index is -0.0581. The Hall–Kier alpha value is -1.67. The molecule has 0 aromatic carbocycles. The summed E-state index contributed by atoms with van der Waals surface area (Å²) in [6, 6.07) is 0.233. The van der Waals surface area contributed by atoms with Gasteiger partial charge in [-0.3, -0.25) is 9.36 Å². The molecule has 1 unspecified atom stereocenters. The van der Waals surface area contributed by atoms with Gasteiger partial charge in [0.2, 0.25) is 5.89 Å². The molecule has 0 bridgehead atoms. The zero-order valence-electron chi connectivity index (χ0n) is 16.8.